The maximum atomic E-state index is 13.1. The molecule has 0 bridgehead atoms. The number of urea groups is 1. The van der Waals surface area contributed by atoms with Gasteiger partial charge in [0.05, 0.1) is 5.02 Å². The average molecular weight is 343 g/mol. The van der Waals surface area contributed by atoms with Crippen molar-refractivity contribution in [2.24, 2.45) is 0 Å². The SMILES string of the molecule is O=C(Nc1ccc(F)c(Cl)c1)N1CCSC1c1cccs1. The Morgan fingerprint density at radius 1 is 1.43 bits per heavy atom. The molecule has 0 aliphatic carbocycles. The Bertz CT molecular complexity index is 650. The molecule has 3 rings (SSSR count). The molecule has 2 aromatic rings. The summed E-state index contributed by atoms with van der Waals surface area (Å²) in [5.74, 6) is 0.406. The Balaban J connectivity index is 1.73. The lowest BCUT2D eigenvalue weighted by Crippen LogP contribution is -2.34. The van der Waals surface area contributed by atoms with Crippen molar-refractivity contribution in [1.82, 2.24) is 4.90 Å². The second-order valence-electron chi connectivity index (χ2n) is 4.49. The van der Waals surface area contributed by atoms with E-state index in [1.807, 2.05) is 17.5 Å². The van der Waals surface area contributed by atoms with E-state index in [1.165, 1.54) is 18.2 Å². The maximum absolute atomic E-state index is 13.1. The quantitative estimate of drug-likeness (QED) is 0.848. The monoisotopic (exact) mass is 342 g/mol. The fourth-order valence-corrected chi connectivity index (χ4v) is 4.53. The van der Waals surface area contributed by atoms with Gasteiger partial charge in [-0.2, -0.15) is 0 Å². The van der Waals surface area contributed by atoms with E-state index in [-0.39, 0.29) is 16.4 Å². The smallest absolute Gasteiger partial charge is 0.308 e. The van der Waals surface area contributed by atoms with Crippen LogP contribution in [0.2, 0.25) is 5.02 Å². The molecule has 2 amide bonds. The molecule has 1 unspecified atom stereocenters. The molecule has 2 heterocycles. The first-order valence-corrected chi connectivity index (χ1v) is 8.63. The first kappa shape index (κ1) is 14.7. The molecular weight excluding hydrogens is 331 g/mol. The molecule has 1 aliphatic rings. The zero-order valence-electron chi connectivity index (χ0n) is 10.9. The number of hydrogen-bond acceptors (Lipinski definition) is 3. The predicted molar refractivity (Wildman–Crippen MR) is 86.7 cm³/mol. The lowest BCUT2D eigenvalue weighted by Gasteiger charge is -2.23. The topological polar surface area (TPSA) is 32.3 Å². The van der Waals surface area contributed by atoms with Crippen molar-refractivity contribution in [3.63, 3.8) is 0 Å². The molecule has 110 valence electrons. The summed E-state index contributed by atoms with van der Waals surface area (Å²) in [6, 6.07) is 7.98. The Morgan fingerprint density at radius 3 is 3.00 bits per heavy atom. The second kappa shape index (κ2) is 6.25. The number of nitrogens with zero attached hydrogens (tertiary/aromatic N) is 1. The lowest BCUT2D eigenvalue weighted by atomic mass is 10.3. The van der Waals surface area contributed by atoms with Gasteiger partial charge in [0.1, 0.15) is 11.2 Å². The number of nitrogens with one attached hydrogen (secondary N) is 1. The molecule has 1 aliphatic heterocycles. The number of benzene rings is 1. The molecule has 1 atom stereocenters. The lowest BCUT2D eigenvalue weighted by molar-refractivity contribution is 0.215. The fraction of sp³-hybridized carbons (Fsp3) is 0.214. The molecule has 0 radical (unpaired) electrons. The Morgan fingerprint density at radius 2 is 2.29 bits per heavy atom. The number of hydrogen-bond donors (Lipinski definition) is 1. The van der Waals surface area contributed by atoms with Gasteiger partial charge in [-0.15, -0.1) is 23.1 Å². The number of carbonyl (C=O) groups excluding carboxylic acids is 1. The van der Waals surface area contributed by atoms with Crippen molar-refractivity contribution in [1.29, 1.82) is 0 Å². The Hall–Kier alpha value is -1.24. The summed E-state index contributed by atoms with van der Waals surface area (Å²) in [4.78, 5) is 15.3. The van der Waals surface area contributed by atoms with E-state index in [0.717, 1.165) is 10.6 Å². The van der Waals surface area contributed by atoms with E-state index >= 15 is 0 Å². The summed E-state index contributed by atoms with van der Waals surface area (Å²) in [5, 5.41) is 4.82. The van der Waals surface area contributed by atoms with Gasteiger partial charge in [-0.25, -0.2) is 9.18 Å². The van der Waals surface area contributed by atoms with Crippen LogP contribution in [-0.2, 0) is 0 Å². The summed E-state index contributed by atoms with van der Waals surface area (Å²) in [6.07, 6.45) is 0. The van der Waals surface area contributed by atoms with E-state index < -0.39 is 5.82 Å². The van der Waals surface area contributed by atoms with Gasteiger partial charge < -0.3 is 10.2 Å². The molecule has 1 aromatic carbocycles. The minimum atomic E-state index is -0.497. The number of anilines is 1. The highest BCUT2D eigenvalue weighted by molar-refractivity contribution is 7.99. The van der Waals surface area contributed by atoms with Gasteiger partial charge in [-0.1, -0.05) is 17.7 Å². The largest absolute Gasteiger partial charge is 0.323 e. The van der Waals surface area contributed by atoms with Crippen LogP contribution in [-0.4, -0.2) is 23.2 Å². The van der Waals surface area contributed by atoms with E-state index in [2.05, 4.69) is 5.32 Å². The molecule has 0 spiro atoms. The summed E-state index contributed by atoms with van der Waals surface area (Å²) >= 11 is 9.11. The molecule has 1 aromatic heterocycles. The van der Waals surface area contributed by atoms with Crippen LogP contribution in [0.15, 0.2) is 35.7 Å². The third-order valence-electron chi connectivity index (χ3n) is 3.11. The van der Waals surface area contributed by atoms with Crippen molar-refractivity contribution in [2.45, 2.75) is 5.37 Å². The number of rotatable bonds is 2. The van der Waals surface area contributed by atoms with Crippen LogP contribution in [0.1, 0.15) is 10.3 Å². The molecule has 7 heteroatoms. The van der Waals surface area contributed by atoms with Crippen LogP contribution >= 0.6 is 34.7 Å². The molecule has 0 saturated carbocycles. The van der Waals surface area contributed by atoms with Crippen LogP contribution in [0.3, 0.4) is 0 Å². The third kappa shape index (κ3) is 3.17. The van der Waals surface area contributed by atoms with E-state index in [0.29, 0.717) is 12.2 Å². The van der Waals surface area contributed by atoms with Crippen LogP contribution in [0.5, 0.6) is 0 Å². The molecule has 1 N–H and O–H groups in total. The average Bonchev–Trinajstić information content (AvgIpc) is 3.12. The highest BCUT2D eigenvalue weighted by Crippen LogP contribution is 2.40. The summed E-state index contributed by atoms with van der Waals surface area (Å²) in [5.41, 5.74) is 0.494. The number of carbonyl (C=O) groups is 1. The van der Waals surface area contributed by atoms with Gasteiger partial charge in [0.15, 0.2) is 0 Å². The van der Waals surface area contributed by atoms with E-state index in [9.17, 15) is 9.18 Å². The van der Waals surface area contributed by atoms with E-state index in [4.69, 9.17) is 11.6 Å². The van der Waals surface area contributed by atoms with Gasteiger partial charge >= 0.3 is 6.03 Å². The molecular formula is C14H12ClFN2OS2. The van der Waals surface area contributed by atoms with Crippen molar-refractivity contribution >= 4 is 46.4 Å². The molecule has 1 fully saturated rings. The zero-order chi connectivity index (χ0) is 14.8. The van der Waals surface area contributed by atoms with E-state index in [1.54, 1.807) is 28.0 Å². The minimum Gasteiger partial charge on any atom is -0.308 e. The fourth-order valence-electron chi connectivity index (χ4n) is 2.11. The minimum absolute atomic E-state index is 0.00148. The van der Waals surface area contributed by atoms with Crippen LogP contribution < -0.4 is 5.32 Å². The van der Waals surface area contributed by atoms with Gasteiger partial charge in [0, 0.05) is 22.9 Å². The summed E-state index contributed by atoms with van der Waals surface area (Å²) in [7, 11) is 0. The third-order valence-corrected chi connectivity index (χ3v) is 5.72. The van der Waals surface area contributed by atoms with Crippen molar-refractivity contribution in [3.8, 4) is 0 Å². The van der Waals surface area contributed by atoms with Gasteiger partial charge in [-0.3, -0.25) is 0 Å². The molecule has 21 heavy (non-hydrogen) atoms. The standard InChI is InChI=1S/C14H12ClFN2OS2/c15-10-8-9(3-4-11(10)16)17-14(19)18-5-7-21-13(18)12-2-1-6-20-12/h1-4,6,8,13H,5,7H2,(H,17,19). The Labute approximate surface area is 135 Å². The number of thiophene rings is 1. The first-order valence-electron chi connectivity index (χ1n) is 6.33. The van der Waals surface area contributed by atoms with Crippen molar-refractivity contribution in [3.05, 3.63) is 51.4 Å². The normalized spacial score (nSPS) is 18.0. The highest BCUT2D eigenvalue weighted by Gasteiger charge is 2.31. The number of thioether (sulfide) groups is 1. The van der Waals surface area contributed by atoms with Gasteiger partial charge in [0.2, 0.25) is 0 Å². The Kier molecular flexibility index (Phi) is 4.37. The first-order chi connectivity index (χ1) is 10.1. The van der Waals surface area contributed by atoms with Crippen LogP contribution in [0.25, 0.3) is 0 Å². The molecule has 1 saturated heterocycles. The predicted octanol–water partition coefficient (Wildman–Crippen LogP) is 4.82. The van der Waals surface area contributed by atoms with Crippen LogP contribution in [0, 0.1) is 5.82 Å². The summed E-state index contributed by atoms with van der Waals surface area (Å²) in [6.45, 7) is 0.688. The zero-order valence-corrected chi connectivity index (χ0v) is 13.3. The van der Waals surface area contributed by atoms with Crippen molar-refractivity contribution in [2.75, 3.05) is 17.6 Å². The number of halogens is 2. The van der Waals surface area contributed by atoms with Gasteiger partial charge in [0.25, 0.3) is 0 Å². The highest BCUT2D eigenvalue weighted by atomic mass is 35.5. The van der Waals surface area contributed by atoms with Crippen molar-refractivity contribution < 1.29 is 9.18 Å². The van der Waals surface area contributed by atoms with Crippen LogP contribution in [0.4, 0.5) is 14.9 Å². The number of amides is 2. The second-order valence-corrected chi connectivity index (χ2v) is 7.07. The van der Waals surface area contributed by atoms with Gasteiger partial charge in [-0.05, 0) is 29.6 Å². The maximum Gasteiger partial charge on any atom is 0.323 e. The molecule has 3 nitrogen and oxygen atoms in total. The summed E-state index contributed by atoms with van der Waals surface area (Å²) < 4.78 is 13.1.